The molecule has 0 spiro atoms. The fraction of sp³-hybridized carbons (Fsp3) is 0.467. The standard InChI is InChI=1S/C15H18Cl2N2O3/c1-3-22-14(20)9-18-6-7-19(15(21)10(18)2)13-5-4-11(16)8-12(13)17/h4-5,8,10H,3,6-7,9H2,1-2H3/t10-/m0/s1. The van der Waals surface area contributed by atoms with E-state index < -0.39 is 6.04 Å². The maximum absolute atomic E-state index is 12.6. The van der Waals surface area contributed by atoms with Gasteiger partial charge in [0.1, 0.15) is 0 Å². The lowest BCUT2D eigenvalue weighted by atomic mass is 10.1. The smallest absolute Gasteiger partial charge is 0.320 e. The normalized spacial score (nSPS) is 19.4. The van der Waals surface area contributed by atoms with Gasteiger partial charge in [0, 0.05) is 18.1 Å². The zero-order chi connectivity index (χ0) is 16.3. The van der Waals surface area contributed by atoms with Gasteiger partial charge in [-0.25, -0.2) is 0 Å². The molecule has 1 aliphatic heterocycles. The van der Waals surface area contributed by atoms with Gasteiger partial charge < -0.3 is 9.64 Å². The zero-order valence-corrected chi connectivity index (χ0v) is 14.0. The highest BCUT2D eigenvalue weighted by atomic mass is 35.5. The van der Waals surface area contributed by atoms with Crippen LogP contribution < -0.4 is 4.90 Å². The van der Waals surface area contributed by atoms with E-state index in [1.165, 1.54) is 0 Å². The van der Waals surface area contributed by atoms with Gasteiger partial charge in [-0.05, 0) is 32.0 Å². The largest absolute Gasteiger partial charge is 0.465 e. The Labute approximate surface area is 139 Å². The van der Waals surface area contributed by atoms with E-state index in [1.807, 2.05) is 0 Å². The second kappa shape index (κ2) is 7.31. The SMILES string of the molecule is CCOC(=O)CN1CCN(c2ccc(Cl)cc2Cl)C(=O)[C@@H]1C. The third-order valence-corrected chi connectivity index (χ3v) is 4.16. The molecule has 1 saturated heterocycles. The molecule has 1 heterocycles. The lowest BCUT2D eigenvalue weighted by Crippen LogP contribution is -2.57. The molecule has 0 aromatic heterocycles. The minimum Gasteiger partial charge on any atom is -0.465 e. The molecule has 0 aliphatic carbocycles. The Bertz CT molecular complexity index is 580. The molecule has 1 fully saturated rings. The van der Waals surface area contributed by atoms with Gasteiger partial charge in [0.15, 0.2) is 0 Å². The van der Waals surface area contributed by atoms with E-state index in [0.29, 0.717) is 35.4 Å². The monoisotopic (exact) mass is 344 g/mol. The van der Waals surface area contributed by atoms with Crippen molar-refractivity contribution in [3.8, 4) is 0 Å². The Morgan fingerprint density at radius 3 is 2.73 bits per heavy atom. The van der Waals surface area contributed by atoms with Crippen LogP contribution in [0.4, 0.5) is 5.69 Å². The van der Waals surface area contributed by atoms with Crippen molar-refractivity contribution < 1.29 is 14.3 Å². The number of ether oxygens (including phenoxy) is 1. The van der Waals surface area contributed by atoms with Gasteiger partial charge in [0.05, 0.1) is 29.9 Å². The minimum absolute atomic E-state index is 0.0974. The first-order chi connectivity index (χ1) is 10.4. The molecule has 5 nitrogen and oxygen atoms in total. The highest BCUT2D eigenvalue weighted by molar-refractivity contribution is 6.36. The number of esters is 1. The third-order valence-electron chi connectivity index (χ3n) is 3.62. The van der Waals surface area contributed by atoms with Gasteiger partial charge in [-0.3, -0.25) is 14.5 Å². The molecular weight excluding hydrogens is 327 g/mol. The maximum atomic E-state index is 12.6. The van der Waals surface area contributed by atoms with Crippen LogP contribution in [-0.2, 0) is 14.3 Å². The van der Waals surface area contributed by atoms with Gasteiger partial charge in [-0.1, -0.05) is 23.2 Å². The molecule has 0 saturated carbocycles. The van der Waals surface area contributed by atoms with Gasteiger partial charge >= 0.3 is 5.97 Å². The van der Waals surface area contributed by atoms with Crippen molar-refractivity contribution in [2.24, 2.45) is 0 Å². The molecular formula is C15H18Cl2N2O3. The van der Waals surface area contributed by atoms with E-state index in [4.69, 9.17) is 27.9 Å². The summed E-state index contributed by atoms with van der Waals surface area (Å²) >= 11 is 12.1. The first-order valence-corrected chi connectivity index (χ1v) is 7.85. The molecule has 1 aromatic carbocycles. The fourth-order valence-electron chi connectivity index (χ4n) is 2.44. The first kappa shape index (κ1) is 17.1. The summed E-state index contributed by atoms with van der Waals surface area (Å²) in [6, 6.07) is 4.63. The summed E-state index contributed by atoms with van der Waals surface area (Å²) in [6.07, 6.45) is 0. The number of anilines is 1. The second-order valence-electron chi connectivity index (χ2n) is 5.04. The number of hydrogen-bond acceptors (Lipinski definition) is 4. The molecule has 1 amide bonds. The molecule has 0 N–H and O–H groups in total. The van der Waals surface area contributed by atoms with Crippen molar-refractivity contribution in [3.05, 3.63) is 28.2 Å². The molecule has 7 heteroatoms. The topological polar surface area (TPSA) is 49.9 Å². The van der Waals surface area contributed by atoms with Crippen LogP contribution in [0.2, 0.25) is 10.0 Å². The number of halogens is 2. The average Bonchev–Trinajstić information content (AvgIpc) is 2.45. The summed E-state index contributed by atoms with van der Waals surface area (Å²) in [5.41, 5.74) is 0.638. The summed E-state index contributed by atoms with van der Waals surface area (Å²) in [5.74, 6) is -0.417. The number of rotatable bonds is 4. The van der Waals surface area contributed by atoms with Gasteiger partial charge in [-0.15, -0.1) is 0 Å². The number of nitrogens with zero attached hydrogens (tertiary/aromatic N) is 2. The van der Waals surface area contributed by atoms with Crippen molar-refractivity contribution in [3.63, 3.8) is 0 Å². The van der Waals surface area contributed by atoms with E-state index in [9.17, 15) is 9.59 Å². The maximum Gasteiger partial charge on any atom is 0.320 e. The van der Waals surface area contributed by atoms with E-state index >= 15 is 0 Å². The number of piperazine rings is 1. The van der Waals surface area contributed by atoms with Crippen LogP contribution in [0, 0.1) is 0 Å². The molecule has 1 atom stereocenters. The second-order valence-corrected chi connectivity index (χ2v) is 5.88. The summed E-state index contributed by atoms with van der Waals surface area (Å²) in [4.78, 5) is 27.6. The van der Waals surface area contributed by atoms with Gasteiger partial charge in [0.2, 0.25) is 5.91 Å². The van der Waals surface area contributed by atoms with E-state index in [-0.39, 0.29) is 18.4 Å². The molecule has 1 aliphatic rings. The summed E-state index contributed by atoms with van der Waals surface area (Å²) in [7, 11) is 0. The van der Waals surface area contributed by atoms with Crippen molar-refractivity contribution in [1.82, 2.24) is 4.90 Å². The van der Waals surface area contributed by atoms with Crippen LogP contribution in [0.1, 0.15) is 13.8 Å². The zero-order valence-electron chi connectivity index (χ0n) is 12.5. The van der Waals surface area contributed by atoms with Crippen LogP contribution >= 0.6 is 23.2 Å². The van der Waals surface area contributed by atoms with Crippen LogP contribution in [-0.4, -0.2) is 49.1 Å². The highest BCUT2D eigenvalue weighted by Crippen LogP contribution is 2.30. The molecule has 0 radical (unpaired) electrons. The van der Waals surface area contributed by atoms with Crippen molar-refractivity contribution in [2.75, 3.05) is 31.1 Å². The van der Waals surface area contributed by atoms with Crippen LogP contribution in [0.25, 0.3) is 0 Å². The number of benzene rings is 1. The lowest BCUT2D eigenvalue weighted by Gasteiger charge is -2.38. The molecule has 0 bridgehead atoms. The van der Waals surface area contributed by atoms with Gasteiger partial charge in [0.25, 0.3) is 0 Å². The molecule has 120 valence electrons. The average molecular weight is 345 g/mol. The minimum atomic E-state index is -0.412. The number of amides is 1. The number of carbonyl (C=O) groups is 2. The number of carbonyl (C=O) groups excluding carboxylic acids is 2. The van der Waals surface area contributed by atoms with Crippen LogP contribution in [0.5, 0.6) is 0 Å². The van der Waals surface area contributed by atoms with Crippen molar-refractivity contribution >= 4 is 40.8 Å². The Morgan fingerprint density at radius 1 is 1.36 bits per heavy atom. The third kappa shape index (κ3) is 3.72. The first-order valence-electron chi connectivity index (χ1n) is 7.10. The van der Waals surface area contributed by atoms with E-state index in [1.54, 1.807) is 41.8 Å². The quantitative estimate of drug-likeness (QED) is 0.787. The predicted molar refractivity (Wildman–Crippen MR) is 86.5 cm³/mol. The Kier molecular flexibility index (Phi) is 5.67. The van der Waals surface area contributed by atoms with Crippen molar-refractivity contribution in [2.45, 2.75) is 19.9 Å². The summed E-state index contributed by atoms with van der Waals surface area (Å²) in [6.45, 7) is 5.02. The Balaban J connectivity index is 2.10. The predicted octanol–water partition coefficient (Wildman–Crippen LogP) is 2.59. The lowest BCUT2D eigenvalue weighted by molar-refractivity contribution is -0.145. The summed E-state index contributed by atoms with van der Waals surface area (Å²) < 4.78 is 4.93. The highest BCUT2D eigenvalue weighted by Gasteiger charge is 2.34. The van der Waals surface area contributed by atoms with Crippen LogP contribution in [0.3, 0.4) is 0 Å². The van der Waals surface area contributed by atoms with Crippen LogP contribution in [0.15, 0.2) is 18.2 Å². The Hall–Kier alpha value is -1.30. The Morgan fingerprint density at radius 2 is 2.09 bits per heavy atom. The fourth-order valence-corrected chi connectivity index (χ4v) is 2.95. The molecule has 0 unspecified atom stereocenters. The molecule has 22 heavy (non-hydrogen) atoms. The van der Waals surface area contributed by atoms with Gasteiger partial charge in [-0.2, -0.15) is 0 Å². The number of hydrogen-bond donors (Lipinski definition) is 0. The van der Waals surface area contributed by atoms with Crippen molar-refractivity contribution in [1.29, 1.82) is 0 Å². The van der Waals surface area contributed by atoms with E-state index in [0.717, 1.165) is 0 Å². The molecule has 1 aromatic rings. The van der Waals surface area contributed by atoms with E-state index in [2.05, 4.69) is 0 Å². The summed E-state index contributed by atoms with van der Waals surface area (Å²) in [5, 5.41) is 0.960. The molecule has 2 rings (SSSR count).